The molecule has 2 amide bonds. The number of fused-ring (bicyclic) bond motifs is 3. The van der Waals surface area contributed by atoms with Crippen LogP contribution in [0.2, 0.25) is 0 Å². The second-order valence-electron chi connectivity index (χ2n) is 7.53. The molecular formula is C19H21N7OS. The van der Waals surface area contributed by atoms with Crippen LogP contribution in [0.5, 0.6) is 0 Å². The fourth-order valence-corrected chi connectivity index (χ4v) is 4.88. The highest BCUT2D eigenvalue weighted by Gasteiger charge is 2.41. The van der Waals surface area contributed by atoms with Gasteiger partial charge in [-0.3, -0.25) is 5.32 Å². The Morgan fingerprint density at radius 3 is 2.71 bits per heavy atom. The first kappa shape index (κ1) is 17.4. The van der Waals surface area contributed by atoms with Crippen LogP contribution in [0.15, 0.2) is 24.4 Å². The number of rotatable bonds is 2. The molecule has 2 fully saturated rings. The summed E-state index contributed by atoms with van der Waals surface area (Å²) in [5.41, 5.74) is 1.55. The Balaban J connectivity index is 1.39. The highest BCUT2D eigenvalue weighted by Crippen LogP contribution is 2.30. The molecule has 0 aromatic carbocycles. The Morgan fingerprint density at radius 1 is 1.21 bits per heavy atom. The largest absolute Gasteiger partial charge is 0.323 e. The van der Waals surface area contributed by atoms with Crippen molar-refractivity contribution in [2.24, 2.45) is 0 Å². The number of anilines is 1. The van der Waals surface area contributed by atoms with Crippen molar-refractivity contribution in [3.8, 4) is 10.7 Å². The van der Waals surface area contributed by atoms with Gasteiger partial charge in [0, 0.05) is 42.8 Å². The Bertz CT molecular complexity index is 1040. The maximum atomic E-state index is 12.9. The number of nitrogens with one attached hydrogen (secondary N) is 1. The van der Waals surface area contributed by atoms with Gasteiger partial charge in [0.1, 0.15) is 16.5 Å². The molecule has 5 heterocycles. The van der Waals surface area contributed by atoms with Gasteiger partial charge in [-0.15, -0.1) is 10.2 Å². The molecule has 0 saturated carbocycles. The predicted molar refractivity (Wildman–Crippen MR) is 108 cm³/mol. The number of nitrogens with zero attached hydrogens (tertiary/aromatic N) is 6. The van der Waals surface area contributed by atoms with Crippen LogP contribution >= 0.6 is 11.3 Å². The number of aromatic nitrogens is 4. The van der Waals surface area contributed by atoms with E-state index in [4.69, 9.17) is 0 Å². The molecule has 0 aliphatic carbocycles. The minimum absolute atomic E-state index is 0.0663. The number of hydrogen-bond acceptors (Lipinski definition) is 7. The predicted octanol–water partition coefficient (Wildman–Crippen LogP) is 2.77. The van der Waals surface area contributed by atoms with Crippen LogP contribution in [-0.4, -0.2) is 68.2 Å². The van der Waals surface area contributed by atoms with Gasteiger partial charge in [-0.05, 0) is 38.9 Å². The minimum Gasteiger partial charge on any atom is -0.316 e. The second kappa shape index (κ2) is 6.75. The number of pyridine rings is 2. The van der Waals surface area contributed by atoms with Crippen molar-refractivity contribution in [1.82, 2.24) is 30.0 Å². The first-order valence-corrected chi connectivity index (χ1v) is 10.2. The highest BCUT2D eigenvalue weighted by molar-refractivity contribution is 7.14. The molecule has 8 nitrogen and oxygen atoms in total. The summed E-state index contributed by atoms with van der Waals surface area (Å²) in [6, 6.07) is 6.22. The second-order valence-corrected chi connectivity index (χ2v) is 8.71. The number of piperazine rings is 1. The van der Waals surface area contributed by atoms with E-state index in [1.165, 1.54) is 11.3 Å². The normalized spacial score (nSPS) is 22.0. The van der Waals surface area contributed by atoms with E-state index in [-0.39, 0.29) is 18.1 Å². The third-order valence-corrected chi connectivity index (χ3v) is 6.31. The molecule has 28 heavy (non-hydrogen) atoms. The van der Waals surface area contributed by atoms with Crippen LogP contribution in [0, 0.1) is 6.92 Å². The topological polar surface area (TPSA) is 87.1 Å². The summed E-state index contributed by atoms with van der Waals surface area (Å²) >= 11 is 1.51. The van der Waals surface area contributed by atoms with E-state index in [2.05, 4.69) is 37.4 Å². The number of likely N-dealkylation sites (N-methyl/N-ethyl adjacent to an activating group) is 1. The molecule has 2 unspecified atom stereocenters. The molecular weight excluding hydrogens is 374 g/mol. The quantitative estimate of drug-likeness (QED) is 0.718. The number of carbonyl (C=O) groups excluding carboxylic acids is 1. The van der Waals surface area contributed by atoms with E-state index in [0.717, 1.165) is 52.5 Å². The van der Waals surface area contributed by atoms with Crippen molar-refractivity contribution < 1.29 is 4.79 Å². The van der Waals surface area contributed by atoms with E-state index >= 15 is 0 Å². The smallest absolute Gasteiger partial charge is 0.316 e. The number of hydrogen-bond donors (Lipinski definition) is 1. The Kier molecular flexibility index (Phi) is 4.21. The van der Waals surface area contributed by atoms with Crippen molar-refractivity contribution in [2.45, 2.75) is 31.8 Å². The van der Waals surface area contributed by atoms with Gasteiger partial charge in [-0.25, -0.2) is 14.8 Å². The van der Waals surface area contributed by atoms with Crippen LogP contribution in [0.25, 0.3) is 21.6 Å². The molecule has 1 N–H and O–H groups in total. The summed E-state index contributed by atoms with van der Waals surface area (Å²) in [5, 5.41) is 13.8. The van der Waals surface area contributed by atoms with Gasteiger partial charge in [-0.1, -0.05) is 11.3 Å². The standard InChI is InChI=1S/C19H21N7OS/c1-11-23-24-18(28-11)15-6-3-12-8-20-17(7-16(12)21-15)22-19(27)26-13-4-5-14(26)10-25(2)9-13/h3,6-8,13-14H,4-5,9-10H2,1-2H3,(H,20,22,27). The fraction of sp³-hybridized carbons (Fsp3) is 0.421. The first-order chi connectivity index (χ1) is 13.6. The molecule has 2 aliphatic rings. The minimum atomic E-state index is -0.0663. The van der Waals surface area contributed by atoms with E-state index in [1.807, 2.05) is 30.0 Å². The summed E-state index contributed by atoms with van der Waals surface area (Å²) in [7, 11) is 2.12. The molecule has 2 aliphatic heterocycles. The number of likely N-dealkylation sites (tertiary alicyclic amines) is 1. The van der Waals surface area contributed by atoms with Gasteiger partial charge >= 0.3 is 6.03 Å². The van der Waals surface area contributed by atoms with Crippen molar-refractivity contribution >= 4 is 34.1 Å². The van der Waals surface area contributed by atoms with Gasteiger partial charge in [-0.2, -0.15) is 0 Å². The van der Waals surface area contributed by atoms with E-state index < -0.39 is 0 Å². The molecule has 2 atom stereocenters. The SMILES string of the molecule is Cc1nnc(-c2ccc3cnc(NC(=O)N4C5CCC4CN(C)C5)cc3n2)s1. The van der Waals surface area contributed by atoms with Gasteiger partial charge in [0.25, 0.3) is 0 Å². The van der Waals surface area contributed by atoms with Crippen LogP contribution in [0.1, 0.15) is 17.8 Å². The Morgan fingerprint density at radius 2 is 2.00 bits per heavy atom. The molecule has 144 valence electrons. The Hall–Kier alpha value is -2.65. The lowest BCUT2D eigenvalue weighted by Crippen LogP contribution is -2.55. The van der Waals surface area contributed by atoms with Crippen molar-refractivity contribution in [1.29, 1.82) is 0 Å². The molecule has 5 rings (SSSR count). The van der Waals surface area contributed by atoms with Crippen LogP contribution in [-0.2, 0) is 0 Å². The lowest BCUT2D eigenvalue weighted by molar-refractivity contribution is 0.111. The van der Waals surface area contributed by atoms with Gasteiger partial charge in [0.15, 0.2) is 5.01 Å². The summed E-state index contributed by atoms with van der Waals surface area (Å²) < 4.78 is 0. The van der Waals surface area contributed by atoms with Crippen molar-refractivity contribution in [2.75, 3.05) is 25.5 Å². The third kappa shape index (κ3) is 3.10. The third-order valence-electron chi connectivity index (χ3n) is 5.45. The van der Waals surface area contributed by atoms with Crippen molar-refractivity contribution in [3.63, 3.8) is 0 Å². The molecule has 0 spiro atoms. The molecule has 3 aromatic rings. The summed E-state index contributed by atoms with van der Waals surface area (Å²) in [6.07, 6.45) is 3.88. The molecule has 9 heteroatoms. The highest BCUT2D eigenvalue weighted by atomic mass is 32.1. The van der Waals surface area contributed by atoms with E-state index in [1.54, 1.807) is 6.20 Å². The average molecular weight is 395 g/mol. The van der Waals surface area contributed by atoms with Crippen LogP contribution in [0.3, 0.4) is 0 Å². The van der Waals surface area contributed by atoms with Gasteiger partial charge < -0.3 is 9.80 Å². The number of aryl methyl sites for hydroxylation is 1. The summed E-state index contributed by atoms with van der Waals surface area (Å²) in [6.45, 7) is 3.79. The first-order valence-electron chi connectivity index (χ1n) is 9.42. The van der Waals surface area contributed by atoms with Crippen LogP contribution < -0.4 is 5.32 Å². The maximum Gasteiger partial charge on any atom is 0.323 e. The molecule has 2 saturated heterocycles. The summed E-state index contributed by atoms with van der Waals surface area (Å²) in [4.78, 5) is 26.3. The molecule has 2 bridgehead atoms. The lowest BCUT2D eigenvalue weighted by Gasteiger charge is -2.39. The van der Waals surface area contributed by atoms with Gasteiger partial charge in [0.2, 0.25) is 0 Å². The zero-order valence-electron chi connectivity index (χ0n) is 15.8. The Labute approximate surface area is 166 Å². The number of carbonyl (C=O) groups is 1. The molecule has 0 radical (unpaired) electrons. The molecule has 3 aromatic heterocycles. The van der Waals surface area contributed by atoms with E-state index in [9.17, 15) is 4.79 Å². The van der Waals surface area contributed by atoms with E-state index in [0.29, 0.717) is 5.82 Å². The van der Waals surface area contributed by atoms with Gasteiger partial charge in [0.05, 0.1) is 5.52 Å². The fourth-order valence-electron chi connectivity index (χ4n) is 4.22. The number of amides is 2. The average Bonchev–Trinajstić information content (AvgIpc) is 3.22. The summed E-state index contributed by atoms with van der Waals surface area (Å²) in [5.74, 6) is 0.522. The lowest BCUT2D eigenvalue weighted by atomic mass is 10.2. The zero-order valence-corrected chi connectivity index (χ0v) is 16.6. The van der Waals surface area contributed by atoms with Crippen molar-refractivity contribution in [3.05, 3.63) is 29.4 Å². The maximum absolute atomic E-state index is 12.9. The van der Waals surface area contributed by atoms with Crippen LogP contribution in [0.4, 0.5) is 10.6 Å². The zero-order chi connectivity index (χ0) is 19.3. The number of urea groups is 1. The monoisotopic (exact) mass is 395 g/mol.